The van der Waals surface area contributed by atoms with E-state index < -0.39 is 5.91 Å². The number of hydrogen-bond acceptors (Lipinski definition) is 2. The van der Waals surface area contributed by atoms with Crippen LogP contribution >= 0.6 is 15.9 Å². The van der Waals surface area contributed by atoms with Crippen LogP contribution in [0.3, 0.4) is 0 Å². The maximum Gasteiger partial charge on any atom is 0.269 e. The molecule has 0 saturated carbocycles. The van der Waals surface area contributed by atoms with Crippen LogP contribution in [0.5, 0.6) is 0 Å². The fourth-order valence-electron chi connectivity index (χ4n) is 1.60. The van der Waals surface area contributed by atoms with Crippen molar-refractivity contribution in [1.82, 2.24) is 10.9 Å². The lowest BCUT2D eigenvalue weighted by molar-refractivity contribution is -0.117. The molecule has 0 fully saturated rings. The summed E-state index contributed by atoms with van der Waals surface area (Å²) in [5.41, 5.74) is 6.04. The van der Waals surface area contributed by atoms with Crippen LogP contribution in [0.25, 0.3) is 6.08 Å². The van der Waals surface area contributed by atoms with E-state index in [0.717, 1.165) is 10.0 Å². The lowest BCUT2D eigenvalue weighted by Gasteiger charge is -2.04. The molecule has 2 amide bonds. The average molecular weight is 345 g/mol. The van der Waals surface area contributed by atoms with Gasteiger partial charge in [0.15, 0.2) is 0 Å². The zero-order chi connectivity index (χ0) is 15.1. The number of hydrazine groups is 1. The summed E-state index contributed by atoms with van der Waals surface area (Å²) in [4.78, 5) is 23.3. The molecule has 0 heterocycles. The monoisotopic (exact) mass is 344 g/mol. The molecule has 106 valence electrons. The minimum Gasteiger partial charge on any atom is -0.268 e. The molecule has 2 N–H and O–H groups in total. The molecule has 0 aliphatic carbocycles. The van der Waals surface area contributed by atoms with Gasteiger partial charge in [-0.15, -0.1) is 0 Å². The third-order valence-electron chi connectivity index (χ3n) is 2.61. The molecular formula is C16H13BrN2O2. The van der Waals surface area contributed by atoms with Gasteiger partial charge in [-0.25, -0.2) is 0 Å². The number of rotatable bonds is 3. The van der Waals surface area contributed by atoms with Crippen LogP contribution in [0, 0.1) is 0 Å². The van der Waals surface area contributed by atoms with Crippen molar-refractivity contribution < 1.29 is 9.59 Å². The van der Waals surface area contributed by atoms with Crippen molar-refractivity contribution in [2.24, 2.45) is 0 Å². The molecule has 2 aromatic rings. The maximum atomic E-state index is 11.7. The third-order valence-corrected chi connectivity index (χ3v) is 3.10. The van der Waals surface area contributed by atoms with Gasteiger partial charge in [0.25, 0.3) is 11.8 Å². The van der Waals surface area contributed by atoms with Gasteiger partial charge in [0.05, 0.1) is 0 Å². The molecule has 0 unspecified atom stereocenters. The Hall–Kier alpha value is -2.40. The number of carbonyl (C=O) groups is 2. The van der Waals surface area contributed by atoms with E-state index in [4.69, 9.17) is 0 Å². The van der Waals surface area contributed by atoms with E-state index in [1.54, 1.807) is 30.3 Å². The molecule has 0 saturated heterocycles. The molecule has 0 bridgehead atoms. The molecule has 2 rings (SSSR count). The van der Waals surface area contributed by atoms with Gasteiger partial charge in [-0.1, -0.05) is 46.3 Å². The van der Waals surface area contributed by atoms with Gasteiger partial charge in [-0.3, -0.25) is 20.4 Å². The van der Waals surface area contributed by atoms with E-state index in [1.165, 1.54) is 6.08 Å². The van der Waals surface area contributed by atoms with Crippen molar-refractivity contribution >= 4 is 33.8 Å². The fraction of sp³-hybridized carbons (Fsp3) is 0. The van der Waals surface area contributed by atoms with Gasteiger partial charge in [0.2, 0.25) is 0 Å². The Bertz CT molecular complexity index is 669. The Morgan fingerprint density at radius 1 is 0.952 bits per heavy atom. The van der Waals surface area contributed by atoms with Crippen LogP contribution in [0.1, 0.15) is 15.9 Å². The van der Waals surface area contributed by atoms with E-state index in [2.05, 4.69) is 26.8 Å². The number of hydrogen-bond donors (Lipinski definition) is 2. The second-order valence-electron chi connectivity index (χ2n) is 4.20. The molecule has 21 heavy (non-hydrogen) atoms. The van der Waals surface area contributed by atoms with Crippen LogP contribution in [-0.2, 0) is 4.79 Å². The van der Waals surface area contributed by atoms with Crippen LogP contribution < -0.4 is 10.9 Å². The quantitative estimate of drug-likeness (QED) is 0.664. The zero-order valence-corrected chi connectivity index (χ0v) is 12.6. The Balaban J connectivity index is 1.86. The van der Waals surface area contributed by atoms with Crippen molar-refractivity contribution in [2.45, 2.75) is 0 Å². The Morgan fingerprint density at radius 2 is 1.71 bits per heavy atom. The van der Waals surface area contributed by atoms with Crippen molar-refractivity contribution in [3.8, 4) is 0 Å². The van der Waals surface area contributed by atoms with Gasteiger partial charge >= 0.3 is 0 Å². The molecule has 0 aromatic heterocycles. The van der Waals surface area contributed by atoms with Gasteiger partial charge in [0.1, 0.15) is 0 Å². The van der Waals surface area contributed by atoms with E-state index >= 15 is 0 Å². The fourth-order valence-corrected chi connectivity index (χ4v) is 2.02. The predicted octanol–water partition coefficient (Wildman–Crippen LogP) is 2.92. The number of carbonyl (C=O) groups excluding carboxylic acids is 2. The van der Waals surface area contributed by atoms with E-state index in [9.17, 15) is 9.59 Å². The molecule has 4 nitrogen and oxygen atoms in total. The highest BCUT2D eigenvalue weighted by atomic mass is 79.9. The lowest BCUT2D eigenvalue weighted by Crippen LogP contribution is -2.40. The van der Waals surface area contributed by atoms with Gasteiger partial charge < -0.3 is 0 Å². The highest BCUT2D eigenvalue weighted by Gasteiger charge is 2.04. The summed E-state index contributed by atoms with van der Waals surface area (Å²) in [5.74, 6) is -0.765. The van der Waals surface area contributed by atoms with Crippen LogP contribution in [-0.4, -0.2) is 11.8 Å². The van der Waals surface area contributed by atoms with Gasteiger partial charge in [-0.05, 0) is 35.9 Å². The topological polar surface area (TPSA) is 58.2 Å². The summed E-state index contributed by atoms with van der Waals surface area (Å²) in [6, 6.07) is 16.2. The summed E-state index contributed by atoms with van der Waals surface area (Å²) in [6.45, 7) is 0. The minimum absolute atomic E-state index is 0.361. The summed E-state index contributed by atoms with van der Waals surface area (Å²) >= 11 is 3.35. The highest BCUT2D eigenvalue weighted by molar-refractivity contribution is 9.10. The number of amides is 2. The number of halogens is 1. The smallest absolute Gasteiger partial charge is 0.268 e. The summed E-state index contributed by atoms with van der Waals surface area (Å²) in [7, 11) is 0. The standard InChI is InChI=1S/C16H13BrN2O2/c17-14-8-4-5-12(11-14)9-10-15(20)18-19-16(21)13-6-2-1-3-7-13/h1-11H,(H,18,20)(H,19,21)/b10-9+. The molecule has 0 aliphatic heterocycles. The summed E-state index contributed by atoms with van der Waals surface area (Å²) < 4.78 is 0.933. The van der Waals surface area contributed by atoms with Crippen LogP contribution in [0.2, 0.25) is 0 Å². The first kappa shape index (κ1) is 15.0. The molecule has 0 atom stereocenters. The molecule has 0 radical (unpaired) electrons. The SMILES string of the molecule is O=C(/C=C/c1cccc(Br)c1)NNC(=O)c1ccccc1. The largest absolute Gasteiger partial charge is 0.269 e. The highest BCUT2D eigenvalue weighted by Crippen LogP contribution is 2.12. The summed E-state index contributed by atoms with van der Waals surface area (Å²) in [6.07, 6.45) is 3.02. The Morgan fingerprint density at radius 3 is 2.43 bits per heavy atom. The van der Waals surface area contributed by atoms with E-state index in [0.29, 0.717) is 5.56 Å². The predicted molar refractivity (Wildman–Crippen MR) is 85.2 cm³/mol. The van der Waals surface area contributed by atoms with Crippen molar-refractivity contribution in [3.05, 3.63) is 76.3 Å². The number of nitrogens with one attached hydrogen (secondary N) is 2. The second kappa shape index (κ2) is 7.40. The van der Waals surface area contributed by atoms with Crippen molar-refractivity contribution in [3.63, 3.8) is 0 Å². The molecule has 0 aliphatic rings. The first-order chi connectivity index (χ1) is 10.1. The first-order valence-electron chi connectivity index (χ1n) is 6.24. The van der Waals surface area contributed by atoms with E-state index in [-0.39, 0.29) is 5.91 Å². The van der Waals surface area contributed by atoms with Crippen LogP contribution in [0.15, 0.2) is 65.1 Å². The molecule has 2 aromatic carbocycles. The Labute approximate surface area is 131 Å². The van der Waals surface area contributed by atoms with Gasteiger partial charge in [0, 0.05) is 16.1 Å². The normalized spacial score (nSPS) is 10.3. The Kier molecular flexibility index (Phi) is 5.29. The second-order valence-corrected chi connectivity index (χ2v) is 5.11. The van der Waals surface area contributed by atoms with Crippen molar-refractivity contribution in [1.29, 1.82) is 0 Å². The molecule has 5 heteroatoms. The molecule has 0 spiro atoms. The van der Waals surface area contributed by atoms with E-state index in [1.807, 2.05) is 30.3 Å². The van der Waals surface area contributed by atoms with Gasteiger partial charge in [-0.2, -0.15) is 0 Å². The minimum atomic E-state index is -0.403. The summed E-state index contributed by atoms with van der Waals surface area (Å²) in [5, 5.41) is 0. The first-order valence-corrected chi connectivity index (χ1v) is 7.03. The number of benzene rings is 2. The van der Waals surface area contributed by atoms with Crippen molar-refractivity contribution in [2.75, 3.05) is 0 Å². The van der Waals surface area contributed by atoms with Crippen LogP contribution in [0.4, 0.5) is 0 Å². The lowest BCUT2D eigenvalue weighted by atomic mass is 10.2. The molecular weight excluding hydrogens is 332 g/mol. The third kappa shape index (κ3) is 4.89. The maximum absolute atomic E-state index is 11.7. The zero-order valence-electron chi connectivity index (χ0n) is 11.0. The average Bonchev–Trinajstić information content (AvgIpc) is 2.51.